The molecule has 2 rings (SSSR count). The van der Waals surface area contributed by atoms with Crippen LogP contribution in [-0.4, -0.2) is 25.7 Å². The highest BCUT2D eigenvalue weighted by atomic mass is 35.5. The van der Waals surface area contributed by atoms with Gasteiger partial charge in [-0.25, -0.2) is 4.79 Å². The molecule has 0 radical (unpaired) electrons. The molecule has 1 fully saturated rings. The summed E-state index contributed by atoms with van der Waals surface area (Å²) in [5.74, 6) is 0.369. The largest absolute Gasteiger partial charge is 0.462 e. The lowest BCUT2D eigenvalue weighted by Crippen LogP contribution is -2.33. The fraction of sp³-hybridized carbons (Fsp3) is 0.562. The lowest BCUT2D eigenvalue weighted by atomic mass is 9.98. The lowest BCUT2D eigenvalue weighted by molar-refractivity contribution is 0.0505. The molecule has 0 bridgehead atoms. The molecule has 1 aromatic rings. The van der Waals surface area contributed by atoms with E-state index in [1.54, 1.807) is 12.1 Å². The van der Waals surface area contributed by atoms with Gasteiger partial charge >= 0.3 is 5.97 Å². The summed E-state index contributed by atoms with van der Waals surface area (Å²) in [6.45, 7) is 6.52. The highest BCUT2D eigenvalue weighted by Gasteiger charge is 2.21. The first-order valence-electron chi connectivity index (χ1n) is 7.54. The van der Waals surface area contributed by atoms with Crippen LogP contribution in [0.15, 0.2) is 12.1 Å². The molecule has 21 heavy (non-hydrogen) atoms. The smallest absolute Gasteiger partial charge is 0.338 e. The molecule has 4 nitrogen and oxygen atoms in total. The number of ether oxygens (including phenoxy) is 1. The summed E-state index contributed by atoms with van der Waals surface area (Å²) in [6, 6.07) is 3.32. The van der Waals surface area contributed by atoms with E-state index in [2.05, 4.69) is 11.8 Å². The van der Waals surface area contributed by atoms with Crippen LogP contribution in [0.2, 0.25) is 5.02 Å². The van der Waals surface area contributed by atoms with Gasteiger partial charge in [0.15, 0.2) is 0 Å². The summed E-state index contributed by atoms with van der Waals surface area (Å²) >= 11 is 6.35. The van der Waals surface area contributed by atoms with Gasteiger partial charge in [-0.1, -0.05) is 25.4 Å². The minimum atomic E-state index is -0.371. The predicted molar refractivity (Wildman–Crippen MR) is 87.0 cm³/mol. The van der Waals surface area contributed by atoms with Gasteiger partial charge in [0.25, 0.3) is 0 Å². The number of rotatable bonds is 4. The van der Waals surface area contributed by atoms with Crippen LogP contribution in [0.25, 0.3) is 0 Å². The third-order valence-electron chi connectivity index (χ3n) is 3.87. The molecule has 0 atom stereocenters. The number of anilines is 2. The Bertz CT molecular complexity index is 488. The van der Waals surface area contributed by atoms with Gasteiger partial charge in [-0.05, 0) is 37.3 Å². The van der Waals surface area contributed by atoms with Crippen LogP contribution in [0.4, 0.5) is 11.4 Å². The Hall–Kier alpha value is -1.42. The second-order valence-electron chi connectivity index (χ2n) is 5.70. The molecule has 0 unspecified atom stereocenters. The highest BCUT2D eigenvalue weighted by molar-refractivity contribution is 6.34. The maximum atomic E-state index is 11.9. The average Bonchev–Trinajstić information content (AvgIpc) is 2.46. The van der Waals surface area contributed by atoms with Gasteiger partial charge in [0.1, 0.15) is 0 Å². The first-order valence-corrected chi connectivity index (χ1v) is 7.91. The fourth-order valence-electron chi connectivity index (χ4n) is 2.58. The maximum Gasteiger partial charge on any atom is 0.338 e. The summed E-state index contributed by atoms with van der Waals surface area (Å²) in [5.41, 5.74) is 7.92. The topological polar surface area (TPSA) is 55.6 Å². The minimum Gasteiger partial charge on any atom is -0.462 e. The third-order valence-corrected chi connectivity index (χ3v) is 4.15. The lowest BCUT2D eigenvalue weighted by Gasteiger charge is -2.33. The van der Waals surface area contributed by atoms with Crippen LogP contribution < -0.4 is 10.6 Å². The molecule has 1 heterocycles. The van der Waals surface area contributed by atoms with Gasteiger partial charge in [0, 0.05) is 13.1 Å². The Kier molecular flexibility index (Phi) is 5.34. The zero-order chi connectivity index (χ0) is 15.4. The molecule has 116 valence electrons. The Morgan fingerprint density at radius 2 is 2.10 bits per heavy atom. The normalized spacial score (nSPS) is 16.0. The molecular weight excluding hydrogens is 288 g/mol. The first-order chi connectivity index (χ1) is 10.0. The van der Waals surface area contributed by atoms with Crippen molar-refractivity contribution >= 4 is 28.9 Å². The molecule has 5 heteroatoms. The van der Waals surface area contributed by atoms with E-state index in [0.717, 1.165) is 44.0 Å². The quantitative estimate of drug-likeness (QED) is 0.680. The van der Waals surface area contributed by atoms with Crippen LogP contribution in [0.1, 0.15) is 43.5 Å². The van der Waals surface area contributed by atoms with E-state index in [1.165, 1.54) is 0 Å². The number of benzene rings is 1. The van der Waals surface area contributed by atoms with Crippen LogP contribution in [0, 0.1) is 5.92 Å². The van der Waals surface area contributed by atoms with Crippen molar-refractivity contribution in [2.24, 2.45) is 5.92 Å². The molecule has 2 N–H and O–H groups in total. The Morgan fingerprint density at radius 1 is 1.43 bits per heavy atom. The molecule has 0 spiro atoms. The van der Waals surface area contributed by atoms with Gasteiger partial charge < -0.3 is 15.4 Å². The van der Waals surface area contributed by atoms with E-state index >= 15 is 0 Å². The second-order valence-corrected chi connectivity index (χ2v) is 6.11. The molecule has 1 saturated heterocycles. The monoisotopic (exact) mass is 310 g/mol. The third kappa shape index (κ3) is 3.82. The summed E-state index contributed by atoms with van der Waals surface area (Å²) in [5, 5.41) is 0.521. The molecular formula is C16H23ClN2O2. The molecule has 1 aliphatic rings. The highest BCUT2D eigenvalue weighted by Crippen LogP contribution is 2.36. The Balaban J connectivity index is 2.19. The van der Waals surface area contributed by atoms with Crippen LogP contribution in [0.3, 0.4) is 0 Å². The summed E-state index contributed by atoms with van der Waals surface area (Å²) in [6.07, 6.45) is 3.06. The van der Waals surface area contributed by atoms with Crippen molar-refractivity contribution in [3.05, 3.63) is 22.7 Å². The molecule has 0 aromatic heterocycles. The fourth-order valence-corrected chi connectivity index (χ4v) is 2.93. The first kappa shape index (κ1) is 16.0. The van der Waals surface area contributed by atoms with Gasteiger partial charge in [-0.15, -0.1) is 0 Å². The summed E-state index contributed by atoms with van der Waals surface area (Å²) < 4.78 is 5.12. The Labute approximate surface area is 131 Å². The number of piperidine rings is 1. The molecule has 1 aromatic carbocycles. The maximum absolute atomic E-state index is 11.9. The molecule has 0 saturated carbocycles. The number of nitrogen functional groups attached to an aromatic ring is 1. The standard InChI is InChI=1S/C16H23ClN2O2/c1-3-8-21-16(20)12-9-13(17)15(14(18)10-12)19-6-4-11(2)5-7-19/h9-11H,3-8,18H2,1-2H3. The van der Waals surface area contributed by atoms with E-state index in [0.29, 0.717) is 22.9 Å². The summed E-state index contributed by atoms with van der Waals surface area (Å²) in [4.78, 5) is 14.1. The number of carbonyl (C=O) groups excluding carboxylic acids is 1. The van der Waals surface area contributed by atoms with Crippen LogP contribution in [-0.2, 0) is 4.74 Å². The van der Waals surface area contributed by atoms with E-state index in [1.807, 2.05) is 6.92 Å². The van der Waals surface area contributed by atoms with Gasteiger partial charge in [0.05, 0.1) is 28.6 Å². The number of hydrogen-bond acceptors (Lipinski definition) is 4. The zero-order valence-corrected chi connectivity index (χ0v) is 13.4. The average molecular weight is 311 g/mol. The van der Waals surface area contributed by atoms with E-state index in [4.69, 9.17) is 22.1 Å². The molecule has 0 amide bonds. The number of nitrogens with zero attached hydrogens (tertiary/aromatic N) is 1. The Morgan fingerprint density at radius 3 is 2.67 bits per heavy atom. The molecule has 0 aliphatic carbocycles. The van der Waals surface area contributed by atoms with Crippen molar-refractivity contribution in [3.8, 4) is 0 Å². The number of nitrogens with two attached hydrogens (primary N) is 1. The van der Waals surface area contributed by atoms with Gasteiger partial charge in [-0.3, -0.25) is 0 Å². The predicted octanol–water partition coefficient (Wildman–Crippen LogP) is 3.73. The van der Waals surface area contributed by atoms with Gasteiger partial charge in [-0.2, -0.15) is 0 Å². The van der Waals surface area contributed by atoms with Crippen molar-refractivity contribution in [2.75, 3.05) is 30.3 Å². The zero-order valence-electron chi connectivity index (χ0n) is 12.7. The minimum absolute atomic E-state index is 0.371. The van der Waals surface area contributed by atoms with E-state index in [-0.39, 0.29) is 5.97 Å². The second kappa shape index (κ2) is 7.03. The number of halogens is 1. The number of hydrogen-bond donors (Lipinski definition) is 1. The van der Waals surface area contributed by atoms with Crippen molar-refractivity contribution in [1.29, 1.82) is 0 Å². The van der Waals surface area contributed by atoms with E-state index < -0.39 is 0 Å². The number of carbonyl (C=O) groups is 1. The molecule has 1 aliphatic heterocycles. The van der Waals surface area contributed by atoms with Gasteiger partial charge in [0.2, 0.25) is 0 Å². The number of esters is 1. The SMILES string of the molecule is CCCOC(=O)c1cc(N)c(N2CCC(C)CC2)c(Cl)c1. The van der Waals surface area contributed by atoms with Crippen molar-refractivity contribution in [2.45, 2.75) is 33.1 Å². The van der Waals surface area contributed by atoms with Crippen LogP contribution >= 0.6 is 11.6 Å². The van der Waals surface area contributed by atoms with Crippen molar-refractivity contribution in [1.82, 2.24) is 0 Å². The van der Waals surface area contributed by atoms with Crippen molar-refractivity contribution < 1.29 is 9.53 Å². The van der Waals surface area contributed by atoms with E-state index in [9.17, 15) is 4.79 Å². The van der Waals surface area contributed by atoms with Crippen molar-refractivity contribution in [3.63, 3.8) is 0 Å². The van der Waals surface area contributed by atoms with Crippen LogP contribution in [0.5, 0.6) is 0 Å². The summed E-state index contributed by atoms with van der Waals surface area (Å²) in [7, 11) is 0.